The van der Waals surface area contributed by atoms with E-state index in [1.165, 1.54) is 20.3 Å². The Labute approximate surface area is 192 Å². The lowest BCUT2D eigenvalue weighted by Crippen LogP contribution is -2.45. The highest BCUT2D eigenvalue weighted by molar-refractivity contribution is 9.10. The van der Waals surface area contributed by atoms with Crippen LogP contribution in [-0.2, 0) is 4.79 Å². The van der Waals surface area contributed by atoms with Crippen molar-refractivity contribution >= 4 is 50.5 Å². The molecule has 0 saturated carbocycles. The van der Waals surface area contributed by atoms with Gasteiger partial charge in [0.2, 0.25) is 0 Å². The Morgan fingerprint density at radius 1 is 1.23 bits per heavy atom. The number of nitro benzene ring substituents is 1. The maximum atomic E-state index is 13.3. The molecular weight excluding hydrogens is 488 g/mol. The second-order valence-electron chi connectivity index (χ2n) is 6.56. The van der Waals surface area contributed by atoms with Crippen LogP contribution in [0.1, 0.15) is 18.5 Å². The van der Waals surface area contributed by atoms with Gasteiger partial charge in [-0.1, -0.05) is 6.07 Å². The monoisotopic (exact) mass is 506 g/mol. The first-order chi connectivity index (χ1) is 14.7. The molecule has 11 heteroatoms. The molecule has 0 radical (unpaired) electrons. The average Bonchev–Trinajstić information content (AvgIpc) is 2.73. The Kier molecular flexibility index (Phi) is 6.76. The topological polar surface area (TPSA) is 115 Å². The Hall–Kier alpha value is -3.18. The van der Waals surface area contributed by atoms with E-state index < -0.39 is 16.9 Å². The number of allylic oxidation sites excluding steroid dienone is 1. The lowest BCUT2D eigenvalue weighted by molar-refractivity contribution is -0.385. The van der Waals surface area contributed by atoms with Crippen molar-refractivity contribution < 1.29 is 19.2 Å². The maximum absolute atomic E-state index is 13.3. The molecule has 3 rings (SSSR count). The Balaban J connectivity index is 2.00. The Morgan fingerprint density at radius 3 is 2.61 bits per heavy atom. The van der Waals surface area contributed by atoms with Crippen molar-refractivity contribution in [1.29, 1.82) is 0 Å². The van der Waals surface area contributed by atoms with Gasteiger partial charge in [-0.3, -0.25) is 14.9 Å². The fourth-order valence-corrected chi connectivity index (χ4v) is 3.85. The van der Waals surface area contributed by atoms with Crippen LogP contribution in [0.25, 0.3) is 0 Å². The first kappa shape index (κ1) is 22.5. The fraction of sp³-hybridized carbons (Fsp3) is 0.200. The summed E-state index contributed by atoms with van der Waals surface area (Å²) in [5.74, 6) is 0.588. The SMILES string of the molecule is COc1ccc(NC(=O)C2=C(C)NC(=S)NC2c2ccc(Br)c([N+](=O)[O-])c2)c(OC)c1. The third kappa shape index (κ3) is 4.78. The number of carbonyl (C=O) groups excluding carboxylic acids is 1. The first-order valence-electron chi connectivity index (χ1n) is 9.00. The van der Waals surface area contributed by atoms with Gasteiger partial charge in [0.05, 0.1) is 40.9 Å². The van der Waals surface area contributed by atoms with Gasteiger partial charge in [-0.2, -0.15) is 0 Å². The second-order valence-corrected chi connectivity index (χ2v) is 7.82. The summed E-state index contributed by atoms with van der Waals surface area (Å²) in [5, 5.41) is 20.5. The van der Waals surface area contributed by atoms with Gasteiger partial charge in [-0.05, 0) is 58.8 Å². The predicted octanol–water partition coefficient (Wildman–Crippen LogP) is 3.81. The molecule has 0 saturated heterocycles. The normalized spacial score (nSPS) is 15.6. The van der Waals surface area contributed by atoms with Crippen LogP contribution < -0.4 is 25.4 Å². The molecule has 1 amide bonds. The van der Waals surface area contributed by atoms with E-state index in [0.29, 0.717) is 43.6 Å². The minimum atomic E-state index is -0.690. The van der Waals surface area contributed by atoms with Gasteiger partial charge >= 0.3 is 0 Å². The molecule has 0 aromatic heterocycles. The van der Waals surface area contributed by atoms with Crippen LogP contribution in [0.3, 0.4) is 0 Å². The number of nitro groups is 1. The van der Waals surface area contributed by atoms with Crippen molar-refractivity contribution in [2.24, 2.45) is 0 Å². The number of hydrogen-bond acceptors (Lipinski definition) is 6. The van der Waals surface area contributed by atoms with Crippen molar-refractivity contribution in [3.05, 3.63) is 67.8 Å². The lowest BCUT2D eigenvalue weighted by atomic mass is 9.94. The highest BCUT2D eigenvalue weighted by atomic mass is 79.9. The number of carbonyl (C=O) groups is 1. The number of anilines is 1. The van der Waals surface area contributed by atoms with Gasteiger partial charge in [0.1, 0.15) is 11.5 Å². The summed E-state index contributed by atoms with van der Waals surface area (Å²) in [5.41, 5.74) is 1.72. The van der Waals surface area contributed by atoms with Gasteiger partial charge in [0.15, 0.2) is 5.11 Å². The summed E-state index contributed by atoms with van der Waals surface area (Å²) in [6.45, 7) is 1.72. The van der Waals surface area contributed by atoms with Crippen molar-refractivity contribution in [2.75, 3.05) is 19.5 Å². The molecule has 0 aliphatic carbocycles. The molecule has 0 spiro atoms. The number of nitrogens with one attached hydrogen (secondary N) is 3. The van der Waals surface area contributed by atoms with Crippen molar-refractivity contribution in [1.82, 2.24) is 10.6 Å². The molecule has 1 heterocycles. The summed E-state index contributed by atoms with van der Waals surface area (Å²) in [7, 11) is 3.02. The Morgan fingerprint density at radius 2 is 1.97 bits per heavy atom. The van der Waals surface area contributed by atoms with Crippen LogP contribution in [0.5, 0.6) is 11.5 Å². The summed E-state index contributed by atoms with van der Waals surface area (Å²) in [6, 6.07) is 8.99. The van der Waals surface area contributed by atoms with E-state index in [9.17, 15) is 14.9 Å². The third-order valence-corrected chi connectivity index (χ3v) is 5.56. The van der Waals surface area contributed by atoms with Crippen molar-refractivity contribution in [2.45, 2.75) is 13.0 Å². The zero-order valence-electron chi connectivity index (χ0n) is 16.8. The lowest BCUT2D eigenvalue weighted by Gasteiger charge is -2.30. The second kappa shape index (κ2) is 9.31. The first-order valence-corrected chi connectivity index (χ1v) is 10.2. The number of methoxy groups -OCH3 is 2. The minimum absolute atomic E-state index is 0.113. The molecule has 0 bridgehead atoms. The summed E-state index contributed by atoms with van der Waals surface area (Å²) >= 11 is 8.42. The molecule has 1 unspecified atom stereocenters. The average molecular weight is 507 g/mol. The molecule has 31 heavy (non-hydrogen) atoms. The van der Waals surface area contributed by atoms with Crippen LogP contribution in [-0.4, -0.2) is 30.2 Å². The van der Waals surface area contributed by atoms with E-state index >= 15 is 0 Å². The summed E-state index contributed by atoms with van der Waals surface area (Å²) < 4.78 is 10.9. The van der Waals surface area contributed by atoms with Gasteiger partial charge in [0, 0.05) is 17.8 Å². The number of amides is 1. The van der Waals surface area contributed by atoms with E-state index in [4.69, 9.17) is 21.7 Å². The molecular formula is C20H19BrN4O5S. The Bertz CT molecular complexity index is 1100. The number of benzene rings is 2. The number of nitrogens with zero attached hydrogens (tertiary/aromatic N) is 1. The molecule has 2 aromatic carbocycles. The van der Waals surface area contributed by atoms with E-state index in [0.717, 1.165) is 0 Å². The fourth-order valence-electron chi connectivity index (χ4n) is 3.19. The molecule has 1 aliphatic heterocycles. The standard InChI is InChI=1S/C20H19BrN4O5S/c1-10-17(19(26)23-14-7-5-12(29-2)9-16(14)30-3)18(24-20(31)22-10)11-4-6-13(21)15(8-11)25(27)28/h4-9,18H,1-3H3,(H,23,26)(H2,22,24,31). The molecule has 1 aliphatic rings. The van der Waals surface area contributed by atoms with Crippen molar-refractivity contribution in [3.8, 4) is 11.5 Å². The van der Waals surface area contributed by atoms with E-state index in [2.05, 4.69) is 31.9 Å². The van der Waals surface area contributed by atoms with Gasteiger partial charge < -0.3 is 25.4 Å². The van der Waals surface area contributed by atoms with Crippen LogP contribution in [0, 0.1) is 10.1 Å². The van der Waals surface area contributed by atoms with E-state index in [-0.39, 0.29) is 5.69 Å². The zero-order chi connectivity index (χ0) is 22.7. The van der Waals surface area contributed by atoms with Crippen LogP contribution >= 0.6 is 28.1 Å². The van der Waals surface area contributed by atoms with Gasteiger partial charge in [-0.15, -0.1) is 0 Å². The predicted molar refractivity (Wildman–Crippen MR) is 123 cm³/mol. The quantitative estimate of drug-likeness (QED) is 0.307. The largest absolute Gasteiger partial charge is 0.497 e. The third-order valence-electron chi connectivity index (χ3n) is 4.67. The number of hydrogen-bond donors (Lipinski definition) is 3. The van der Waals surface area contributed by atoms with Gasteiger partial charge in [-0.25, -0.2) is 0 Å². The molecule has 0 fully saturated rings. The molecule has 2 aromatic rings. The van der Waals surface area contributed by atoms with Crippen molar-refractivity contribution in [3.63, 3.8) is 0 Å². The zero-order valence-corrected chi connectivity index (χ0v) is 19.2. The van der Waals surface area contributed by atoms with Crippen LogP contribution in [0.15, 0.2) is 52.1 Å². The molecule has 1 atom stereocenters. The summed E-state index contributed by atoms with van der Waals surface area (Å²) in [4.78, 5) is 24.1. The van der Waals surface area contributed by atoms with Crippen LogP contribution in [0.2, 0.25) is 0 Å². The molecule has 3 N–H and O–H groups in total. The smallest absolute Gasteiger partial charge is 0.283 e. The number of rotatable bonds is 6. The minimum Gasteiger partial charge on any atom is -0.497 e. The highest BCUT2D eigenvalue weighted by Gasteiger charge is 2.31. The van der Waals surface area contributed by atoms with E-state index in [1.807, 2.05) is 0 Å². The van der Waals surface area contributed by atoms with Crippen LogP contribution in [0.4, 0.5) is 11.4 Å². The van der Waals surface area contributed by atoms with Gasteiger partial charge in [0.25, 0.3) is 11.6 Å². The summed E-state index contributed by atoms with van der Waals surface area (Å²) in [6.07, 6.45) is 0. The highest BCUT2D eigenvalue weighted by Crippen LogP contribution is 2.34. The number of ether oxygens (including phenoxy) is 2. The maximum Gasteiger partial charge on any atom is 0.283 e. The molecule has 162 valence electrons. The van der Waals surface area contributed by atoms with E-state index in [1.54, 1.807) is 37.3 Å². The number of halogens is 1. The molecule has 9 nitrogen and oxygen atoms in total. The number of thiocarbonyl (C=S) groups is 1.